The number of carbonyl (C=O) groups excluding carboxylic acids is 1. The summed E-state index contributed by atoms with van der Waals surface area (Å²) >= 11 is 0. The van der Waals surface area contributed by atoms with Gasteiger partial charge in [-0.15, -0.1) is 0 Å². The number of hydrogen-bond acceptors (Lipinski definition) is 5. The minimum absolute atomic E-state index is 0.0128. The van der Waals surface area contributed by atoms with Gasteiger partial charge in [0.15, 0.2) is 0 Å². The monoisotopic (exact) mass is 344 g/mol. The lowest BCUT2D eigenvalue weighted by Gasteiger charge is -2.19. The number of para-hydroxylation sites is 1. The van der Waals surface area contributed by atoms with E-state index in [-0.39, 0.29) is 18.1 Å². The Hall–Kier alpha value is -3.09. The van der Waals surface area contributed by atoms with Crippen LogP contribution in [0.3, 0.4) is 0 Å². The number of methoxy groups -OCH3 is 2. The summed E-state index contributed by atoms with van der Waals surface area (Å²) in [5.41, 5.74) is 1.64. The highest BCUT2D eigenvalue weighted by atomic mass is 16.6. The van der Waals surface area contributed by atoms with Crippen molar-refractivity contribution in [3.63, 3.8) is 0 Å². The van der Waals surface area contributed by atoms with Crippen molar-refractivity contribution >= 4 is 11.6 Å². The fourth-order valence-electron chi connectivity index (χ4n) is 2.58. The molecule has 0 saturated carbocycles. The van der Waals surface area contributed by atoms with E-state index >= 15 is 0 Å². The number of rotatable bonds is 6. The molecule has 0 saturated heterocycles. The first-order chi connectivity index (χ1) is 11.9. The summed E-state index contributed by atoms with van der Waals surface area (Å²) in [4.78, 5) is 24.8. The lowest BCUT2D eigenvalue weighted by Crippen LogP contribution is -2.26. The largest absolute Gasteiger partial charge is 0.496 e. The molecule has 0 radical (unpaired) electrons. The van der Waals surface area contributed by atoms with Crippen molar-refractivity contribution in [2.75, 3.05) is 21.3 Å². The van der Waals surface area contributed by atoms with Gasteiger partial charge in [0.05, 0.1) is 25.7 Å². The van der Waals surface area contributed by atoms with Gasteiger partial charge in [0.2, 0.25) is 0 Å². The third-order valence-electron chi connectivity index (χ3n) is 3.94. The molecule has 0 unspecified atom stereocenters. The number of benzene rings is 2. The van der Waals surface area contributed by atoms with Gasteiger partial charge in [0.1, 0.15) is 11.5 Å². The first kappa shape index (κ1) is 18.3. The van der Waals surface area contributed by atoms with Crippen LogP contribution >= 0.6 is 0 Å². The van der Waals surface area contributed by atoms with Gasteiger partial charge < -0.3 is 14.4 Å². The Labute approximate surface area is 145 Å². The molecule has 0 aliphatic carbocycles. The van der Waals surface area contributed by atoms with E-state index < -0.39 is 4.92 Å². The van der Waals surface area contributed by atoms with E-state index in [0.717, 1.165) is 5.56 Å². The van der Waals surface area contributed by atoms with Gasteiger partial charge in [0.25, 0.3) is 11.6 Å². The van der Waals surface area contributed by atoms with Crippen LogP contribution in [0.4, 0.5) is 5.69 Å². The molecule has 0 N–H and O–H groups in total. The number of hydrogen-bond donors (Lipinski definition) is 0. The topological polar surface area (TPSA) is 81.9 Å². The van der Waals surface area contributed by atoms with Crippen molar-refractivity contribution in [2.45, 2.75) is 13.5 Å². The Kier molecular flexibility index (Phi) is 5.59. The van der Waals surface area contributed by atoms with Gasteiger partial charge in [-0.25, -0.2) is 0 Å². The van der Waals surface area contributed by atoms with E-state index in [9.17, 15) is 14.9 Å². The van der Waals surface area contributed by atoms with Crippen molar-refractivity contribution in [3.8, 4) is 11.5 Å². The lowest BCUT2D eigenvalue weighted by molar-refractivity contribution is -0.385. The third-order valence-corrected chi connectivity index (χ3v) is 3.94. The molecule has 0 spiro atoms. The zero-order chi connectivity index (χ0) is 18.6. The van der Waals surface area contributed by atoms with Crippen molar-refractivity contribution in [1.29, 1.82) is 0 Å². The molecule has 0 aromatic heterocycles. The molecule has 25 heavy (non-hydrogen) atoms. The van der Waals surface area contributed by atoms with Gasteiger partial charge in [0, 0.05) is 29.8 Å². The van der Waals surface area contributed by atoms with Crippen molar-refractivity contribution in [3.05, 3.63) is 63.2 Å². The second-order valence-electron chi connectivity index (χ2n) is 5.55. The quantitative estimate of drug-likeness (QED) is 0.594. The molecule has 7 heteroatoms. The number of nitrogens with zero attached hydrogens (tertiary/aromatic N) is 2. The van der Waals surface area contributed by atoms with Crippen molar-refractivity contribution < 1.29 is 19.2 Å². The molecule has 0 aliphatic heterocycles. The molecule has 0 fully saturated rings. The zero-order valence-corrected chi connectivity index (χ0v) is 14.6. The van der Waals surface area contributed by atoms with Crippen LogP contribution in [-0.4, -0.2) is 37.0 Å². The van der Waals surface area contributed by atoms with Crippen LogP contribution in [0.25, 0.3) is 0 Å². The molecule has 2 rings (SSSR count). The number of carbonyl (C=O) groups is 1. The molecule has 7 nitrogen and oxygen atoms in total. The van der Waals surface area contributed by atoms with Gasteiger partial charge in [-0.2, -0.15) is 0 Å². The highest BCUT2D eigenvalue weighted by Crippen LogP contribution is 2.30. The molecule has 132 valence electrons. The second-order valence-corrected chi connectivity index (χ2v) is 5.55. The van der Waals surface area contributed by atoms with E-state index in [2.05, 4.69) is 0 Å². The predicted octanol–water partition coefficient (Wildman–Crippen LogP) is 3.19. The minimum atomic E-state index is -0.453. The van der Waals surface area contributed by atoms with Gasteiger partial charge >= 0.3 is 0 Å². The summed E-state index contributed by atoms with van der Waals surface area (Å²) in [7, 11) is 4.64. The van der Waals surface area contributed by atoms with E-state index in [4.69, 9.17) is 9.47 Å². The number of nitro benzene ring substituents is 1. The zero-order valence-electron chi connectivity index (χ0n) is 14.6. The SMILES string of the molecule is COc1cc(C(=O)N(C)Cc2ccccc2[N+](=O)[O-])cc(OC)c1C. The molecule has 0 aliphatic rings. The number of amides is 1. The Morgan fingerprint density at radius 2 is 1.72 bits per heavy atom. The van der Waals surface area contributed by atoms with E-state index in [1.54, 1.807) is 37.4 Å². The average Bonchev–Trinajstić information content (AvgIpc) is 2.61. The summed E-state index contributed by atoms with van der Waals surface area (Å²) in [6, 6.07) is 9.63. The minimum Gasteiger partial charge on any atom is -0.496 e. The maximum Gasteiger partial charge on any atom is 0.274 e. The summed E-state index contributed by atoms with van der Waals surface area (Å²) in [6.45, 7) is 1.96. The lowest BCUT2D eigenvalue weighted by atomic mass is 10.1. The van der Waals surface area contributed by atoms with Crippen LogP contribution in [0.2, 0.25) is 0 Å². The summed E-state index contributed by atoms with van der Waals surface area (Å²) in [5, 5.41) is 11.1. The molecule has 2 aromatic carbocycles. The Morgan fingerprint density at radius 1 is 1.16 bits per heavy atom. The standard InChI is InChI=1S/C18H20N2O5/c1-12-16(24-3)9-14(10-17(12)25-4)18(21)19(2)11-13-7-5-6-8-15(13)20(22)23/h5-10H,11H2,1-4H3. The first-order valence-electron chi connectivity index (χ1n) is 7.59. The number of nitro groups is 1. The van der Waals surface area contributed by atoms with Crippen LogP contribution in [0.5, 0.6) is 11.5 Å². The second kappa shape index (κ2) is 7.65. The molecular weight excluding hydrogens is 324 g/mol. The highest BCUT2D eigenvalue weighted by molar-refractivity contribution is 5.95. The van der Waals surface area contributed by atoms with Crippen molar-refractivity contribution in [1.82, 2.24) is 4.90 Å². The third kappa shape index (κ3) is 3.88. The molecule has 0 heterocycles. The van der Waals surface area contributed by atoms with Crippen molar-refractivity contribution in [2.24, 2.45) is 0 Å². The predicted molar refractivity (Wildman–Crippen MR) is 93.2 cm³/mol. The maximum atomic E-state index is 12.7. The maximum absolute atomic E-state index is 12.7. The van der Waals surface area contributed by atoms with Crippen LogP contribution in [-0.2, 0) is 6.54 Å². The fourth-order valence-corrected chi connectivity index (χ4v) is 2.58. The first-order valence-corrected chi connectivity index (χ1v) is 7.59. The number of ether oxygens (including phenoxy) is 2. The van der Waals surface area contributed by atoms with Crippen LogP contribution < -0.4 is 9.47 Å². The van der Waals surface area contributed by atoms with E-state index in [1.807, 2.05) is 6.92 Å². The van der Waals surface area contributed by atoms with E-state index in [1.165, 1.54) is 25.2 Å². The summed E-state index contributed by atoms with van der Waals surface area (Å²) in [5.74, 6) is 0.804. The Morgan fingerprint density at radius 3 is 2.24 bits per heavy atom. The Bertz CT molecular complexity index is 779. The van der Waals surface area contributed by atoms with Crippen LogP contribution in [0, 0.1) is 17.0 Å². The molecule has 2 aromatic rings. The van der Waals surface area contributed by atoms with E-state index in [0.29, 0.717) is 22.6 Å². The van der Waals surface area contributed by atoms with Gasteiger partial charge in [-0.3, -0.25) is 14.9 Å². The summed E-state index contributed by atoms with van der Waals surface area (Å²) < 4.78 is 10.6. The fraction of sp³-hybridized carbons (Fsp3) is 0.278. The van der Waals surface area contributed by atoms with Gasteiger partial charge in [-0.1, -0.05) is 18.2 Å². The highest BCUT2D eigenvalue weighted by Gasteiger charge is 2.20. The summed E-state index contributed by atoms with van der Waals surface area (Å²) in [6.07, 6.45) is 0. The average molecular weight is 344 g/mol. The normalized spacial score (nSPS) is 10.2. The van der Waals surface area contributed by atoms with Gasteiger partial charge in [-0.05, 0) is 19.1 Å². The molecule has 0 atom stereocenters. The molecule has 1 amide bonds. The van der Waals surface area contributed by atoms with Crippen LogP contribution in [0.1, 0.15) is 21.5 Å². The molecule has 0 bridgehead atoms. The molecular formula is C18H20N2O5. The smallest absolute Gasteiger partial charge is 0.274 e. The Balaban J connectivity index is 2.31. The van der Waals surface area contributed by atoms with Crippen LogP contribution in [0.15, 0.2) is 36.4 Å².